The van der Waals surface area contributed by atoms with Gasteiger partial charge in [-0.3, -0.25) is 14.7 Å². The van der Waals surface area contributed by atoms with Crippen molar-refractivity contribution in [3.05, 3.63) is 206 Å². The molecule has 0 unspecified atom stereocenters. The van der Waals surface area contributed by atoms with E-state index in [-0.39, 0.29) is 55.6 Å². The van der Waals surface area contributed by atoms with Gasteiger partial charge in [0, 0.05) is 82.6 Å². The molecule has 13 heteroatoms. The fourth-order valence-electron chi connectivity index (χ4n) is 10.0. The van der Waals surface area contributed by atoms with E-state index >= 15 is 0 Å². The van der Waals surface area contributed by atoms with Crippen molar-refractivity contribution in [2.24, 2.45) is 0 Å². The Morgan fingerprint density at radius 2 is 0.944 bits per heavy atom. The molecule has 15 rings (SSSR count). The molecule has 0 saturated carbocycles. The van der Waals surface area contributed by atoms with Crippen LogP contribution < -0.4 is 42.3 Å². The van der Waals surface area contributed by atoms with Crippen LogP contribution in [-0.2, 0) is 42.1 Å². The fraction of sp³-hybridized carbons (Fsp3) is 0. The monoisotopic (exact) mass is 1320 g/mol. The first kappa shape index (κ1) is 44.6. The number of thiophene rings is 1. The van der Waals surface area contributed by atoms with Crippen LogP contribution in [0.1, 0.15) is 0 Å². The minimum atomic E-state index is -0.238. The molecule has 0 atom stereocenters. The van der Waals surface area contributed by atoms with E-state index in [1.54, 1.807) is 11.3 Å². The SMILES string of the molecule is [Pt].[Pt].[c-]1sc(-c2[c-]c3c(cc2)Sc2cccc4c2B3c2[c-]c(-n3cc(-c5ccccc5)cn3)ccc2S4)[c-]c1-c1[c-]c2c(cc1)Oc1cccc3c1B2c1[c-]c(-n2cc(-c4ccccc4)cn2)ccc1O3. The second kappa shape index (κ2) is 17.8. The molecule has 0 radical (unpaired) electrons. The summed E-state index contributed by atoms with van der Waals surface area (Å²) in [6.45, 7) is -0.282. The number of nitrogens with zero attached hydrogens (tertiary/aromatic N) is 4. The van der Waals surface area contributed by atoms with Gasteiger partial charge in [-0.05, 0) is 62.0 Å². The maximum absolute atomic E-state index is 6.58. The zero-order valence-electron chi connectivity index (χ0n) is 36.8. The van der Waals surface area contributed by atoms with E-state index in [9.17, 15) is 0 Å². The predicted octanol–water partition coefficient (Wildman–Crippen LogP) is 9.76. The van der Waals surface area contributed by atoms with Crippen LogP contribution in [0.3, 0.4) is 0 Å². The standard InChI is InChI=1S/C58H28B2N4O2S3.2Pt/c1-3-9-35(10-4-1)40-30-61-63(32-40)42-19-22-49-45(28-42)59-44-25-37(17-21-48(44)65-50-13-7-14-51(66-49)57(50)59)39-27-56(67-34-39)38-18-23-52-46(26-38)60-47-29-43(64-33-41(31-62-64)36-11-5-2-6-12-36)20-24-53(47)69-55-16-8-15-54(68-52)58(55)60;;/h1-24,30-33H;;/q-6;;. The topological polar surface area (TPSA) is 54.1 Å². The van der Waals surface area contributed by atoms with Gasteiger partial charge < -0.3 is 38.0 Å². The summed E-state index contributed by atoms with van der Waals surface area (Å²) < 4.78 is 16.9. The number of rotatable bonds is 6. The summed E-state index contributed by atoms with van der Waals surface area (Å²) in [6, 6.07) is 69.2. The summed E-state index contributed by atoms with van der Waals surface area (Å²) in [5.74, 6) is 3.02. The van der Waals surface area contributed by atoms with Crippen molar-refractivity contribution in [2.75, 3.05) is 0 Å². The number of fused-ring (bicyclic) bond motifs is 8. The van der Waals surface area contributed by atoms with Gasteiger partial charge in [-0.25, -0.2) is 12.1 Å². The van der Waals surface area contributed by atoms with Gasteiger partial charge in [0.15, 0.2) is 0 Å². The second-order valence-corrected chi connectivity index (χ2v) is 20.2. The Morgan fingerprint density at radius 3 is 1.61 bits per heavy atom. The number of benzene rings is 8. The number of aromatic nitrogens is 4. The summed E-state index contributed by atoms with van der Waals surface area (Å²) >= 11 is 5.19. The molecule has 0 bridgehead atoms. The molecule has 6 nitrogen and oxygen atoms in total. The zero-order chi connectivity index (χ0) is 45.2. The molecule has 0 saturated heterocycles. The molecule has 3 aromatic heterocycles. The molecule has 0 aliphatic carbocycles. The Bertz CT molecular complexity index is 3640. The quantitative estimate of drug-likeness (QED) is 0.122. The molecule has 0 amide bonds. The molecule has 0 fully saturated rings. The van der Waals surface area contributed by atoms with Crippen LogP contribution >= 0.6 is 34.9 Å². The van der Waals surface area contributed by atoms with E-state index in [4.69, 9.17) is 19.7 Å². The molecular weight excluding hydrogens is 1290 g/mol. The average molecular weight is 1320 g/mol. The normalized spacial score (nSPS) is 12.9. The van der Waals surface area contributed by atoms with Crippen molar-refractivity contribution < 1.29 is 51.6 Å². The van der Waals surface area contributed by atoms with E-state index in [2.05, 4.69) is 127 Å². The molecule has 11 aromatic rings. The minimum Gasteiger partial charge on any atom is -0.518 e. The molecule has 0 N–H and O–H groups in total. The van der Waals surface area contributed by atoms with Crippen LogP contribution in [0.4, 0.5) is 0 Å². The van der Waals surface area contributed by atoms with Crippen molar-refractivity contribution in [2.45, 2.75) is 19.6 Å². The van der Waals surface area contributed by atoms with Gasteiger partial charge in [0.05, 0.1) is 12.4 Å². The molecule has 4 aliphatic rings. The van der Waals surface area contributed by atoms with Crippen molar-refractivity contribution in [1.82, 2.24) is 19.6 Å². The van der Waals surface area contributed by atoms with Gasteiger partial charge in [-0.15, -0.1) is 75.5 Å². The molecule has 342 valence electrons. The van der Waals surface area contributed by atoms with E-state index in [0.717, 1.165) is 106 Å². The first-order chi connectivity index (χ1) is 34.1. The summed E-state index contributed by atoms with van der Waals surface area (Å²) in [6.07, 6.45) is 7.94. The Labute approximate surface area is 452 Å². The first-order valence-corrected chi connectivity index (χ1v) is 25.0. The molecule has 7 heterocycles. The Balaban J connectivity index is 0.00000246. The van der Waals surface area contributed by atoms with Gasteiger partial charge in [0.1, 0.15) is 11.5 Å². The number of hydrogen-bond acceptors (Lipinski definition) is 7. The van der Waals surface area contributed by atoms with Crippen LogP contribution in [-0.4, -0.2) is 33.0 Å². The smallest absolute Gasteiger partial charge is 0.212 e. The van der Waals surface area contributed by atoms with Crippen LogP contribution in [0, 0.1) is 35.7 Å². The van der Waals surface area contributed by atoms with Crippen LogP contribution in [0.25, 0.3) is 55.2 Å². The van der Waals surface area contributed by atoms with Gasteiger partial charge in [-0.2, -0.15) is 56.1 Å². The molecule has 8 aromatic carbocycles. The molecule has 0 spiro atoms. The van der Waals surface area contributed by atoms with Gasteiger partial charge in [0.25, 0.3) is 0 Å². The predicted molar refractivity (Wildman–Crippen MR) is 277 cm³/mol. The maximum Gasteiger partial charge on any atom is 0.212 e. The molecule has 4 aliphatic heterocycles. The van der Waals surface area contributed by atoms with E-state index in [1.165, 1.54) is 25.0 Å². The van der Waals surface area contributed by atoms with Crippen molar-refractivity contribution in [3.8, 4) is 78.2 Å². The zero-order valence-corrected chi connectivity index (χ0v) is 43.8. The van der Waals surface area contributed by atoms with E-state index in [1.807, 2.05) is 112 Å². The third-order valence-corrected chi connectivity index (χ3v) is 16.4. The third kappa shape index (κ3) is 7.42. The largest absolute Gasteiger partial charge is 0.518 e. The van der Waals surface area contributed by atoms with Crippen molar-refractivity contribution >= 4 is 81.1 Å². The van der Waals surface area contributed by atoms with Gasteiger partial charge >= 0.3 is 0 Å². The summed E-state index contributed by atoms with van der Waals surface area (Å²) in [5, 5.41) is 13.1. The summed E-state index contributed by atoms with van der Waals surface area (Å²) in [4.78, 5) is 5.89. The summed E-state index contributed by atoms with van der Waals surface area (Å²) in [7, 11) is 0. The molecule has 71 heavy (non-hydrogen) atoms. The number of hydrogen-bond donors (Lipinski definition) is 0. The average Bonchev–Trinajstić information content (AvgIpc) is 4.22. The Kier molecular flexibility index (Phi) is 11.2. The molecular formula is C58H28B2N4O2Pt2S3-6. The van der Waals surface area contributed by atoms with Crippen molar-refractivity contribution in [3.63, 3.8) is 0 Å². The van der Waals surface area contributed by atoms with Gasteiger partial charge in [0.2, 0.25) is 13.4 Å². The third-order valence-electron chi connectivity index (χ3n) is 13.3. The van der Waals surface area contributed by atoms with Crippen LogP contribution in [0.5, 0.6) is 23.0 Å². The Hall–Kier alpha value is -6.31. The Morgan fingerprint density at radius 1 is 0.423 bits per heavy atom. The fourth-order valence-corrected chi connectivity index (χ4v) is 13.1. The van der Waals surface area contributed by atoms with Crippen molar-refractivity contribution in [1.29, 1.82) is 0 Å². The maximum atomic E-state index is 6.58. The summed E-state index contributed by atoms with van der Waals surface area (Å²) in [5.41, 5.74) is 15.1. The first-order valence-electron chi connectivity index (χ1n) is 22.5. The van der Waals surface area contributed by atoms with E-state index < -0.39 is 0 Å². The van der Waals surface area contributed by atoms with E-state index in [0.29, 0.717) is 0 Å². The van der Waals surface area contributed by atoms with Gasteiger partial charge in [-0.1, -0.05) is 77.7 Å². The van der Waals surface area contributed by atoms with Crippen LogP contribution in [0.2, 0.25) is 0 Å². The second-order valence-electron chi connectivity index (χ2n) is 17.3. The van der Waals surface area contributed by atoms with Crippen LogP contribution in [0.15, 0.2) is 190 Å². The minimum absolute atomic E-state index is 0. The number of ether oxygens (including phenoxy) is 2.